The number of carboxylic acids is 1. The van der Waals surface area contributed by atoms with Gasteiger partial charge in [0.1, 0.15) is 17.0 Å². The van der Waals surface area contributed by atoms with Crippen molar-refractivity contribution in [2.75, 3.05) is 13.2 Å². The topological polar surface area (TPSA) is 81.8 Å². The SMILES string of the molecule is CCCOc1ccc(C=C(CC(=O)O)c2nc3ccccc3o2)c(OCCC)c1. The second-order valence-electron chi connectivity index (χ2n) is 6.62. The van der Waals surface area contributed by atoms with Crippen LogP contribution in [0.4, 0.5) is 0 Å². The third-order valence-electron chi connectivity index (χ3n) is 4.16. The quantitative estimate of drug-likeness (QED) is 0.493. The molecule has 0 saturated heterocycles. The Labute approximate surface area is 169 Å². The Kier molecular flexibility index (Phi) is 6.89. The first-order valence-electron chi connectivity index (χ1n) is 9.78. The molecule has 0 saturated carbocycles. The van der Waals surface area contributed by atoms with Crippen LogP contribution >= 0.6 is 0 Å². The maximum absolute atomic E-state index is 11.5. The lowest BCUT2D eigenvalue weighted by Crippen LogP contribution is -2.01. The number of oxazole rings is 1. The summed E-state index contributed by atoms with van der Waals surface area (Å²) in [5.41, 5.74) is 2.52. The molecule has 1 N–H and O–H groups in total. The van der Waals surface area contributed by atoms with Crippen LogP contribution < -0.4 is 9.47 Å². The fraction of sp³-hybridized carbons (Fsp3) is 0.304. The maximum atomic E-state index is 11.5. The minimum Gasteiger partial charge on any atom is -0.493 e. The predicted octanol–water partition coefficient (Wildman–Crippen LogP) is 5.42. The van der Waals surface area contributed by atoms with Crippen LogP contribution in [-0.2, 0) is 4.79 Å². The number of aromatic nitrogens is 1. The Hall–Kier alpha value is -3.28. The van der Waals surface area contributed by atoms with Gasteiger partial charge in [0.2, 0.25) is 5.89 Å². The molecule has 6 nitrogen and oxygen atoms in total. The van der Waals surface area contributed by atoms with E-state index in [1.54, 1.807) is 12.1 Å². The van der Waals surface area contributed by atoms with Crippen LogP contribution in [0.5, 0.6) is 11.5 Å². The number of carbonyl (C=O) groups is 1. The minimum atomic E-state index is -0.961. The monoisotopic (exact) mass is 395 g/mol. The van der Waals surface area contributed by atoms with Crippen LogP contribution in [0.15, 0.2) is 46.9 Å². The van der Waals surface area contributed by atoms with Gasteiger partial charge in [-0.15, -0.1) is 0 Å². The van der Waals surface area contributed by atoms with Crippen molar-refractivity contribution < 1.29 is 23.8 Å². The van der Waals surface area contributed by atoms with Gasteiger partial charge in [0.25, 0.3) is 0 Å². The zero-order valence-electron chi connectivity index (χ0n) is 16.7. The van der Waals surface area contributed by atoms with E-state index in [0.29, 0.717) is 41.5 Å². The highest BCUT2D eigenvalue weighted by molar-refractivity contribution is 5.91. The van der Waals surface area contributed by atoms with Gasteiger partial charge < -0.3 is 19.0 Å². The second-order valence-corrected chi connectivity index (χ2v) is 6.62. The average molecular weight is 395 g/mol. The first-order chi connectivity index (χ1) is 14.1. The maximum Gasteiger partial charge on any atom is 0.308 e. The van der Waals surface area contributed by atoms with E-state index in [-0.39, 0.29) is 6.42 Å². The van der Waals surface area contributed by atoms with E-state index in [4.69, 9.17) is 13.9 Å². The van der Waals surface area contributed by atoms with Crippen LogP contribution in [0.25, 0.3) is 22.7 Å². The molecule has 3 aromatic rings. The van der Waals surface area contributed by atoms with Crippen LogP contribution in [0.3, 0.4) is 0 Å². The Balaban J connectivity index is 2.02. The molecule has 0 aliphatic heterocycles. The van der Waals surface area contributed by atoms with Crippen molar-refractivity contribution >= 4 is 28.7 Å². The van der Waals surface area contributed by atoms with Gasteiger partial charge in [0.15, 0.2) is 5.58 Å². The van der Waals surface area contributed by atoms with Crippen molar-refractivity contribution in [3.05, 3.63) is 53.9 Å². The summed E-state index contributed by atoms with van der Waals surface area (Å²) in [6.07, 6.45) is 3.31. The molecule has 2 aromatic carbocycles. The molecule has 29 heavy (non-hydrogen) atoms. The van der Waals surface area contributed by atoms with E-state index in [2.05, 4.69) is 4.98 Å². The molecule has 0 fully saturated rings. The first kappa shape index (κ1) is 20.5. The zero-order chi connectivity index (χ0) is 20.6. The summed E-state index contributed by atoms with van der Waals surface area (Å²) in [7, 11) is 0. The number of hydrogen-bond donors (Lipinski definition) is 1. The third kappa shape index (κ3) is 5.38. The van der Waals surface area contributed by atoms with Crippen molar-refractivity contribution in [1.29, 1.82) is 0 Å². The van der Waals surface area contributed by atoms with E-state index in [1.807, 2.05) is 50.2 Å². The molecule has 1 aromatic heterocycles. The first-order valence-corrected chi connectivity index (χ1v) is 9.78. The molecule has 0 bridgehead atoms. The van der Waals surface area contributed by atoms with E-state index in [1.165, 1.54) is 0 Å². The van der Waals surface area contributed by atoms with Crippen LogP contribution in [0, 0.1) is 0 Å². The number of fused-ring (bicyclic) bond motifs is 1. The Morgan fingerprint density at radius 1 is 1.10 bits per heavy atom. The van der Waals surface area contributed by atoms with Gasteiger partial charge in [0, 0.05) is 17.2 Å². The standard InChI is InChI=1S/C23H25NO5/c1-3-11-27-18-10-9-16(21(15-18)28-12-4-2)13-17(14-22(25)26)23-24-19-7-5-6-8-20(19)29-23/h5-10,13,15H,3-4,11-12,14H2,1-2H3,(H,25,26). The van der Waals surface area contributed by atoms with Crippen molar-refractivity contribution in [1.82, 2.24) is 4.98 Å². The Morgan fingerprint density at radius 3 is 2.59 bits per heavy atom. The summed E-state index contributed by atoms with van der Waals surface area (Å²) < 4.78 is 17.4. The number of nitrogens with zero attached hydrogens (tertiary/aromatic N) is 1. The van der Waals surface area contributed by atoms with Gasteiger partial charge >= 0.3 is 5.97 Å². The molecule has 0 atom stereocenters. The Bertz CT molecular complexity index is 972. The number of hydrogen-bond acceptors (Lipinski definition) is 5. The van der Waals surface area contributed by atoms with Crippen molar-refractivity contribution in [2.45, 2.75) is 33.1 Å². The largest absolute Gasteiger partial charge is 0.493 e. The molecule has 3 rings (SSSR count). The number of rotatable bonds is 10. The molecule has 0 amide bonds. The fourth-order valence-corrected chi connectivity index (χ4v) is 2.83. The number of carboxylic acid groups (broad SMARTS) is 1. The normalized spacial score (nSPS) is 11.6. The molecule has 0 aliphatic rings. The molecular formula is C23H25NO5. The van der Waals surface area contributed by atoms with Crippen molar-refractivity contribution in [2.24, 2.45) is 0 Å². The van der Waals surface area contributed by atoms with Gasteiger partial charge in [-0.25, -0.2) is 4.98 Å². The molecular weight excluding hydrogens is 370 g/mol. The molecule has 0 unspecified atom stereocenters. The van der Waals surface area contributed by atoms with Gasteiger partial charge in [-0.1, -0.05) is 26.0 Å². The lowest BCUT2D eigenvalue weighted by molar-refractivity contribution is -0.135. The molecule has 1 heterocycles. The summed E-state index contributed by atoms with van der Waals surface area (Å²) in [5, 5.41) is 9.39. The third-order valence-corrected chi connectivity index (χ3v) is 4.16. The summed E-state index contributed by atoms with van der Waals surface area (Å²) in [5.74, 6) is 0.690. The summed E-state index contributed by atoms with van der Waals surface area (Å²) >= 11 is 0. The fourth-order valence-electron chi connectivity index (χ4n) is 2.83. The highest BCUT2D eigenvalue weighted by Crippen LogP contribution is 2.31. The van der Waals surface area contributed by atoms with E-state index in [9.17, 15) is 9.90 Å². The minimum absolute atomic E-state index is 0.214. The molecule has 0 aliphatic carbocycles. The Morgan fingerprint density at radius 2 is 1.86 bits per heavy atom. The van der Waals surface area contributed by atoms with E-state index >= 15 is 0 Å². The number of benzene rings is 2. The number of ether oxygens (including phenoxy) is 2. The van der Waals surface area contributed by atoms with E-state index < -0.39 is 5.97 Å². The molecule has 152 valence electrons. The van der Waals surface area contributed by atoms with Crippen LogP contribution in [0.1, 0.15) is 44.6 Å². The predicted molar refractivity (Wildman–Crippen MR) is 112 cm³/mol. The zero-order valence-corrected chi connectivity index (χ0v) is 16.7. The van der Waals surface area contributed by atoms with Gasteiger partial charge in [-0.05, 0) is 43.2 Å². The molecule has 0 radical (unpaired) electrons. The van der Waals surface area contributed by atoms with Gasteiger partial charge in [-0.3, -0.25) is 4.79 Å². The van der Waals surface area contributed by atoms with Crippen molar-refractivity contribution in [3.8, 4) is 11.5 Å². The smallest absolute Gasteiger partial charge is 0.308 e. The van der Waals surface area contributed by atoms with Gasteiger partial charge in [-0.2, -0.15) is 0 Å². The highest BCUT2D eigenvalue weighted by Gasteiger charge is 2.16. The van der Waals surface area contributed by atoms with Crippen LogP contribution in [0.2, 0.25) is 0 Å². The van der Waals surface area contributed by atoms with E-state index in [0.717, 1.165) is 24.2 Å². The number of aliphatic carboxylic acids is 1. The summed E-state index contributed by atoms with van der Waals surface area (Å²) in [6, 6.07) is 12.9. The van der Waals surface area contributed by atoms with Crippen LogP contribution in [-0.4, -0.2) is 29.3 Å². The molecule has 6 heteroatoms. The number of para-hydroxylation sites is 2. The second kappa shape index (κ2) is 9.78. The highest BCUT2D eigenvalue weighted by atomic mass is 16.5. The van der Waals surface area contributed by atoms with Gasteiger partial charge in [0.05, 0.1) is 19.6 Å². The summed E-state index contributed by atoms with van der Waals surface area (Å²) in [6.45, 7) is 5.25. The molecule has 0 spiro atoms. The average Bonchev–Trinajstić information content (AvgIpc) is 3.15. The van der Waals surface area contributed by atoms with Crippen molar-refractivity contribution in [3.63, 3.8) is 0 Å². The lowest BCUT2D eigenvalue weighted by Gasteiger charge is -2.12. The lowest BCUT2D eigenvalue weighted by atomic mass is 10.1. The summed E-state index contributed by atoms with van der Waals surface area (Å²) in [4.78, 5) is 15.9.